The monoisotopic (exact) mass is 324 g/mol. The minimum atomic E-state index is -0.296. The highest BCUT2D eigenvalue weighted by molar-refractivity contribution is 6.08. The van der Waals surface area contributed by atoms with Crippen molar-refractivity contribution in [1.82, 2.24) is 0 Å². The number of benzene rings is 2. The van der Waals surface area contributed by atoms with Gasteiger partial charge < -0.3 is 22.5 Å². The fourth-order valence-electron chi connectivity index (χ4n) is 2.06. The molecule has 0 saturated heterocycles. The van der Waals surface area contributed by atoms with Crippen molar-refractivity contribution in [2.45, 2.75) is 13.8 Å². The number of nitrogens with one attached hydrogen (secondary N) is 1. The minimum absolute atomic E-state index is 0.124. The van der Waals surface area contributed by atoms with Gasteiger partial charge in [0.2, 0.25) is 5.96 Å². The van der Waals surface area contributed by atoms with Crippen molar-refractivity contribution in [2.75, 3.05) is 5.32 Å². The summed E-state index contributed by atoms with van der Waals surface area (Å²) < 4.78 is 0. The average molecular weight is 324 g/mol. The standard InChI is InChI=1S/C17H20N6O/c1-10-7-8-12(9-11(10)2)21-15(24)13-5-3-4-6-14(13)22-17(20)23-16(18)19/h3-9H,1-2H3,(H,21,24)(H6,18,19,20,22,23). The van der Waals surface area contributed by atoms with Crippen molar-refractivity contribution < 1.29 is 4.79 Å². The zero-order chi connectivity index (χ0) is 17.7. The van der Waals surface area contributed by atoms with Crippen molar-refractivity contribution in [3.8, 4) is 0 Å². The topological polar surface area (TPSA) is 132 Å². The Morgan fingerprint density at radius 3 is 2.38 bits per heavy atom. The van der Waals surface area contributed by atoms with Crippen LogP contribution in [0.5, 0.6) is 0 Å². The molecule has 24 heavy (non-hydrogen) atoms. The van der Waals surface area contributed by atoms with E-state index in [1.54, 1.807) is 24.3 Å². The number of rotatable bonds is 3. The molecule has 0 aliphatic heterocycles. The van der Waals surface area contributed by atoms with Crippen LogP contribution < -0.4 is 22.5 Å². The Bertz CT molecular complexity index is 822. The molecule has 2 rings (SSSR count). The van der Waals surface area contributed by atoms with E-state index in [1.807, 2.05) is 32.0 Å². The van der Waals surface area contributed by atoms with Gasteiger partial charge in [-0.1, -0.05) is 18.2 Å². The summed E-state index contributed by atoms with van der Waals surface area (Å²) in [5.41, 5.74) is 19.9. The van der Waals surface area contributed by atoms with E-state index >= 15 is 0 Å². The lowest BCUT2D eigenvalue weighted by Gasteiger charge is -2.09. The smallest absolute Gasteiger partial charge is 0.257 e. The van der Waals surface area contributed by atoms with Crippen LogP contribution in [-0.4, -0.2) is 17.8 Å². The van der Waals surface area contributed by atoms with Crippen molar-refractivity contribution in [2.24, 2.45) is 27.2 Å². The Labute approximate surface area is 140 Å². The number of carbonyl (C=O) groups is 1. The molecule has 0 saturated carbocycles. The van der Waals surface area contributed by atoms with Crippen LogP contribution in [0.15, 0.2) is 52.4 Å². The van der Waals surface area contributed by atoms with Gasteiger partial charge in [-0.3, -0.25) is 4.79 Å². The predicted molar refractivity (Wildman–Crippen MR) is 97.4 cm³/mol. The number of nitrogens with zero attached hydrogens (tertiary/aromatic N) is 2. The molecule has 0 unspecified atom stereocenters. The van der Waals surface area contributed by atoms with Gasteiger partial charge >= 0.3 is 0 Å². The maximum absolute atomic E-state index is 12.5. The molecule has 0 heterocycles. The first kappa shape index (κ1) is 17.0. The van der Waals surface area contributed by atoms with E-state index in [0.717, 1.165) is 11.1 Å². The Morgan fingerprint density at radius 2 is 1.71 bits per heavy atom. The molecule has 1 amide bonds. The maximum Gasteiger partial charge on any atom is 0.257 e. The fraction of sp³-hybridized carbons (Fsp3) is 0.118. The first-order chi connectivity index (χ1) is 11.4. The van der Waals surface area contributed by atoms with E-state index in [-0.39, 0.29) is 17.8 Å². The summed E-state index contributed by atoms with van der Waals surface area (Å²) in [5, 5.41) is 2.85. The summed E-state index contributed by atoms with van der Waals surface area (Å²) in [6, 6.07) is 12.5. The highest BCUT2D eigenvalue weighted by Crippen LogP contribution is 2.21. The van der Waals surface area contributed by atoms with Gasteiger partial charge in [0.25, 0.3) is 5.91 Å². The summed E-state index contributed by atoms with van der Waals surface area (Å²) in [4.78, 5) is 20.3. The van der Waals surface area contributed by atoms with Crippen LogP contribution >= 0.6 is 0 Å². The number of nitrogens with two attached hydrogens (primary N) is 3. The normalized spacial score (nSPS) is 11.0. The van der Waals surface area contributed by atoms with Crippen molar-refractivity contribution in [3.63, 3.8) is 0 Å². The number of anilines is 1. The molecule has 2 aromatic rings. The fourth-order valence-corrected chi connectivity index (χ4v) is 2.06. The zero-order valence-electron chi connectivity index (χ0n) is 13.6. The van der Waals surface area contributed by atoms with Gasteiger partial charge in [0.05, 0.1) is 11.3 Å². The van der Waals surface area contributed by atoms with Gasteiger partial charge in [-0.2, -0.15) is 4.99 Å². The van der Waals surface area contributed by atoms with Crippen LogP contribution in [-0.2, 0) is 0 Å². The zero-order valence-corrected chi connectivity index (χ0v) is 13.6. The molecule has 7 N–H and O–H groups in total. The number of aliphatic imine (C=N–C) groups is 2. The van der Waals surface area contributed by atoms with Crippen LogP contribution in [0.25, 0.3) is 0 Å². The molecule has 2 aromatic carbocycles. The van der Waals surface area contributed by atoms with Crippen LogP contribution in [0.3, 0.4) is 0 Å². The highest BCUT2D eigenvalue weighted by Gasteiger charge is 2.11. The third-order valence-corrected chi connectivity index (χ3v) is 3.39. The van der Waals surface area contributed by atoms with Crippen molar-refractivity contribution >= 4 is 29.2 Å². The Hall–Kier alpha value is -3.35. The molecule has 0 aromatic heterocycles. The van der Waals surface area contributed by atoms with Gasteiger partial charge in [0.15, 0.2) is 5.96 Å². The molecule has 0 spiro atoms. The van der Waals surface area contributed by atoms with Gasteiger partial charge in [-0.25, -0.2) is 4.99 Å². The summed E-state index contributed by atoms with van der Waals surface area (Å²) in [6.07, 6.45) is 0. The summed E-state index contributed by atoms with van der Waals surface area (Å²) in [7, 11) is 0. The third-order valence-electron chi connectivity index (χ3n) is 3.39. The van der Waals surface area contributed by atoms with Gasteiger partial charge in [0, 0.05) is 5.69 Å². The molecule has 0 bridgehead atoms. The Kier molecular flexibility index (Phi) is 5.16. The third kappa shape index (κ3) is 4.33. The molecule has 0 aliphatic rings. The highest BCUT2D eigenvalue weighted by atomic mass is 16.1. The van der Waals surface area contributed by atoms with Gasteiger partial charge in [-0.15, -0.1) is 0 Å². The minimum Gasteiger partial charge on any atom is -0.370 e. The molecule has 0 aliphatic carbocycles. The van der Waals surface area contributed by atoms with Crippen LogP contribution in [0.1, 0.15) is 21.5 Å². The SMILES string of the molecule is Cc1ccc(NC(=O)c2ccccc2N=C(N)N=C(N)N)cc1C. The number of hydrogen-bond donors (Lipinski definition) is 4. The summed E-state index contributed by atoms with van der Waals surface area (Å²) in [5.74, 6) is -0.621. The molecule has 7 heteroatoms. The van der Waals surface area contributed by atoms with Crippen molar-refractivity contribution in [3.05, 3.63) is 59.2 Å². The first-order valence-corrected chi connectivity index (χ1v) is 7.28. The number of aryl methyl sites for hydroxylation is 2. The van der Waals surface area contributed by atoms with E-state index < -0.39 is 0 Å². The van der Waals surface area contributed by atoms with Crippen molar-refractivity contribution in [1.29, 1.82) is 0 Å². The molecule has 0 radical (unpaired) electrons. The molecule has 124 valence electrons. The van der Waals surface area contributed by atoms with Gasteiger partial charge in [-0.05, 0) is 49.2 Å². The predicted octanol–water partition coefficient (Wildman–Crippen LogP) is 1.78. The molecule has 7 nitrogen and oxygen atoms in total. The second-order valence-electron chi connectivity index (χ2n) is 5.28. The lowest BCUT2D eigenvalue weighted by Crippen LogP contribution is -2.26. The average Bonchev–Trinajstić information content (AvgIpc) is 2.50. The number of guanidine groups is 2. The number of hydrogen-bond acceptors (Lipinski definition) is 2. The number of carbonyl (C=O) groups excluding carboxylic acids is 1. The number of amides is 1. The van der Waals surface area contributed by atoms with E-state index in [4.69, 9.17) is 17.2 Å². The lowest BCUT2D eigenvalue weighted by molar-refractivity contribution is 0.102. The second kappa shape index (κ2) is 7.28. The van der Waals surface area contributed by atoms with Crippen LogP contribution in [0.4, 0.5) is 11.4 Å². The summed E-state index contributed by atoms with van der Waals surface area (Å²) in [6.45, 7) is 4.00. The van der Waals surface area contributed by atoms with Crippen LogP contribution in [0.2, 0.25) is 0 Å². The van der Waals surface area contributed by atoms with E-state index in [9.17, 15) is 4.79 Å². The molecule has 0 fully saturated rings. The van der Waals surface area contributed by atoms with E-state index in [2.05, 4.69) is 15.3 Å². The number of para-hydroxylation sites is 1. The summed E-state index contributed by atoms with van der Waals surface area (Å²) >= 11 is 0. The van der Waals surface area contributed by atoms with E-state index in [1.165, 1.54) is 0 Å². The van der Waals surface area contributed by atoms with Crippen LogP contribution in [0, 0.1) is 13.8 Å². The maximum atomic E-state index is 12.5. The molecular formula is C17H20N6O. The first-order valence-electron chi connectivity index (χ1n) is 7.28. The van der Waals surface area contributed by atoms with Gasteiger partial charge in [0.1, 0.15) is 0 Å². The Morgan fingerprint density at radius 1 is 1.00 bits per heavy atom. The quantitative estimate of drug-likeness (QED) is 0.506. The molecule has 0 atom stereocenters. The largest absolute Gasteiger partial charge is 0.370 e. The Balaban J connectivity index is 2.30. The lowest BCUT2D eigenvalue weighted by atomic mass is 10.1. The van der Waals surface area contributed by atoms with E-state index in [0.29, 0.717) is 16.9 Å². The molecular weight excluding hydrogens is 304 g/mol. The second-order valence-corrected chi connectivity index (χ2v) is 5.28.